The number of nitrogens with zero attached hydrogens (tertiary/aromatic N) is 2. The topological polar surface area (TPSA) is 140 Å². The number of hydrogen-bond acceptors (Lipinski definition) is 6. The van der Waals surface area contributed by atoms with Crippen LogP contribution in [0.4, 0.5) is 24.5 Å². The van der Waals surface area contributed by atoms with Crippen LogP contribution < -0.4 is 10.6 Å². The number of carboxylic acids is 1. The molecule has 0 aliphatic rings. The largest absolute Gasteiger partial charge is 0.490 e. The number of aliphatic hydroxyl groups is 1. The lowest BCUT2D eigenvalue weighted by atomic mass is 10.2. The Hall–Kier alpha value is -3.67. The van der Waals surface area contributed by atoms with Crippen molar-refractivity contribution < 1.29 is 33.0 Å². The zero-order valence-electron chi connectivity index (χ0n) is 15.6. The second kappa shape index (κ2) is 9.69. The van der Waals surface area contributed by atoms with Gasteiger partial charge < -0.3 is 20.8 Å². The number of carbonyl (C=O) groups excluding carboxylic acids is 1. The van der Waals surface area contributed by atoms with Gasteiger partial charge in [0.1, 0.15) is 5.69 Å². The van der Waals surface area contributed by atoms with E-state index in [2.05, 4.69) is 25.8 Å². The van der Waals surface area contributed by atoms with E-state index in [1.54, 1.807) is 31.5 Å². The molecule has 3 aromatic rings. The van der Waals surface area contributed by atoms with E-state index in [1.807, 2.05) is 18.2 Å². The molecule has 1 atom stereocenters. The smallest absolute Gasteiger partial charge is 0.475 e. The Morgan fingerprint density at radius 2 is 1.87 bits per heavy atom. The van der Waals surface area contributed by atoms with Crippen LogP contribution in [0.1, 0.15) is 17.4 Å². The highest BCUT2D eigenvalue weighted by Gasteiger charge is 2.38. The molecule has 0 aliphatic carbocycles. The van der Waals surface area contributed by atoms with Crippen LogP contribution in [-0.4, -0.2) is 56.1 Å². The number of aromatic nitrogens is 3. The van der Waals surface area contributed by atoms with Crippen molar-refractivity contribution in [3.05, 3.63) is 48.4 Å². The lowest BCUT2D eigenvalue weighted by Gasteiger charge is -2.11. The van der Waals surface area contributed by atoms with Gasteiger partial charge in [0, 0.05) is 29.0 Å². The summed E-state index contributed by atoms with van der Waals surface area (Å²) in [7, 11) is 0. The van der Waals surface area contributed by atoms with E-state index >= 15 is 0 Å². The van der Waals surface area contributed by atoms with Gasteiger partial charge in [0.2, 0.25) is 0 Å². The predicted octanol–water partition coefficient (Wildman–Crippen LogP) is 2.45. The van der Waals surface area contributed by atoms with Crippen molar-refractivity contribution in [2.75, 3.05) is 11.9 Å². The molecule has 0 saturated heterocycles. The molecule has 0 saturated carbocycles. The molecule has 0 spiro atoms. The number of carbonyl (C=O) groups is 2. The Bertz CT molecular complexity index is 1020. The highest BCUT2D eigenvalue weighted by atomic mass is 19.4. The summed E-state index contributed by atoms with van der Waals surface area (Å²) >= 11 is 0. The average Bonchev–Trinajstić information content (AvgIpc) is 3.15. The van der Waals surface area contributed by atoms with Crippen LogP contribution in [0.2, 0.25) is 0 Å². The lowest BCUT2D eigenvalue weighted by Crippen LogP contribution is -2.35. The average molecular weight is 425 g/mol. The van der Waals surface area contributed by atoms with Crippen LogP contribution in [-0.2, 0) is 4.79 Å². The van der Waals surface area contributed by atoms with Crippen molar-refractivity contribution in [3.8, 4) is 0 Å². The minimum atomic E-state index is -5.08. The van der Waals surface area contributed by atoms with Crippen molar-refractivity contribution in [1.82, 2.24) is 20.5 Å². The number of carboxylic acid groups (broad SMARTS) is 1. The third-order valence-corrected chi connectivity index (χ3v) is 3.62. The molecular weight excluding hydrogens is 407 g/mol. The first-order chi connectivity index (χ1) is 14.1. The van der Waals surface area contributed by atoms with E-state index in [9.17, 15) is 18.0 Å². The number of anilines is 2. The number of amides is 1. The van der Waals surface area contributed by atoms with Crippen molar-refractivity contribution in [2.24, 2.45) is 0 Å². The van der Waals surface area contributed by atoms with Crippen molar-refractivity contribution in [3.63, 3.8) is 0 Å². The summed E-state index contributed by atoms with van der Waals surface area (Å²) in [4.78, 5) is 25.0. The molecule has 1 aromatic carbocycles. The van der Waals surface area contributed by atoms with E-state index in [0.717, 1.165) is 22.3 Å². The molecule has 0 bridgehead atoms. The van der Waals surface area contributed by atoms with Crippen LogP contribution in [0.5, 0.6) is 0 Å². The highest BCUT2D eigenvalue weighted by Crippen LogP contribution is 2.21. The number of hydrogen-bond donors (Lipinski definition) is 5. The van der Waals surface area contributed by atoms with Gasteiger partial charge in [-0.05, 0) is 37.3 Å². The molecule has 9 nitrogen and oxygen atoms in total. The molecule has 0 aliphatic heterocycles. The van der Waals surface area contributed by atoms with Crippen LogP contribution >= 0.6 is 0 Å². The zero-order valence-corrected chi connectivity index (χ0v) is 15.6. The van der Waals surface area contributed by atoms with Gasteiger partial charge in [0.15, 0.2) is 0 Å². The van der Waals surface area contributed by atoms with Gasteiger partial charge in [-0.1, -0.05) is 0 Å². The molecule has 30 heavy (non-hydrogen) atoms. The Morgan fingerprint density at radius 1 is 1.20 bits per heavy atom. The number of pyridine rings is 1. The zero-order chi connectivity index (χ0) is 22.3. The van der Waals surface area contributed by atoms with E-state index < -0.39 is 12.1 Å². The summed E-state index contributed by atoms with van der Waals surface area (Å²) in [5, 5.41) is 29.9. The Morgan fingerprint density at radius 3 is 2.50 bits per heavy atom. The summed E-state index contributed by atoms with van der Waals surface area (Å²) in [5.74, 6) is -3.08. The molecule has 160 valence electrons. The van der Waals surface area contributed by atoms with E-state index in [-0.39, 0.29) is 18.6 Å². The summed E-state index contributed by atoms with van der Waals surface area (Å²) in [5.41, 5.74) is 2.90. The van der Waals surface area contributed by atoms with Gasteiger partial charge in [0.05, 0.1) is 18.3 Å². The maximum absolute atomic E-state index is 12.0. The van der Waals surface area contributed by atoms with Crippen LogP contribution in [0.25, 0.3) is 10.9 Å². The monoisotopic (exact) mass is 425 g/mol. The third-order valence-electron chi connectivity index (χ3n) is 3.62. The van der Waals surface area contributed by atoms with E-state index in [4.69, 9.17) is 15.0 Å². The molecule has 12 heteroatoms. The number of benzene rings is 1. The minimum Gasteiger partial charge on any atom is -0.475 e. The summed E-state index contributed by atoms with van der Waals surface area (Å²) in [6.45, 7) is 1.61. The number of aromatic amines is 1. The number of nitrogens with one attached hydrogen (secondary N) is 3. The summed E-state index contributed by atoms with van der Waals surface area (Å²) < 4.78 is 31.7. The number of aliphatic hydroxyl groups excluding tert-OH is 1. The van der Waals surface area contributed by atoms with Gasteiger partial charge in [-0.2, -0.15) is 18.3 Å². The first-order valence-electron chi connectivity index (χ1n) is 8.48. The number of halogens is 3. The molecule has 0 fully saturated rings. The van der Waals surface area contributed by atoms with Gasteiger partial charge in [-0.15, -0.1) is 0 Å². The molecule has 3 rings (SSSR count). The molecule has 2 heterocycles. The minimum absolute atomic E-state index is 0.117. The molecule has 0 radical (unpaired) electrons. The SMILES string of the molecule is C[C@H](CO)NC(=O)c1cc(Nc2ccc3[nH]ncc3c2)ccn1.O=C(O)C(F)(F)F. The standard InChI is InChI=1S/C16H17N5O2.C2HF3O2/c1-10(9-22)19-16(23)15-7-13(4-5-17-15)20-12-2-3-14-11(6-12)8-18-21-14;3-2(4,5)1(6)7/h2-8,10,22H,9H2,1H3,(H,17,20)(H,18,21)(H,19,23);(H,6,7)/t10-;/m1./s1. The van der Waals surface area contributed by atoms with Gasteiger partial charge >= 0.3 is 12.1 Å². The molecular formula is C18H18F3N5O4. The normalized spacial score (nSPS) is 11.9. The predicted molar refractivity (Wildman–Crippen MR) is 101 cm³/mol. The molecule has 2 aromatic heterocycles. The number of rotatable bonds is 5. The summed E-state index contributed by atoms with van der Waals surface area (Å²) in [6, 6.07) is 8.96. The fourth-order valence-corrected chi connectivity index (χ4v) is 2.16. The second-order valence-corrected chi connectivity index (χ2v) is 6.09. The molecule has 1 amide bonds. The fourth-order valence-electron chi connectivity index (χ4n) is 2.16. The van der Waals surface area contributed by atoms with E-state index in [0.29, 0.717) is 5.69 Å². The Balaban J connectivity index is 0.000000396. The Kier molecular flexibility index (Phi) is 7.31. The summed E-state index contributed by atoms with van der Waals surface area (Å²) in [6.07, 6.45) is -1.76. The Labute approximate surface area is 167 Å². The number of fused-ring (bicyclic) bond motifs is 1. The first kappa shape index (κ1) is 22.6. The number of aliphatic carboxylic acids is 1. The van der Waals surface area contributed by atoms with Crippen molar-refractivity contribution in [2.45, 2.75) is 19.1 Å². The van der Waals surface area contributed by atoms with Crippen LogP contribution in [0.15, 0.2) is 42.7 Å². The maximum atomic E-state index is 12.0. The van der Waals surface area contributed by atoms with Crippen LogP contribution in [0.3, 0.4) is 0 Å². The number of H-pyrrole nitrogens is 1. The molecule has 5 N–H and O–H groups in total. The van der Waals surface area contributed by atoms with E-state index in [1.165, 1.54) is 0 Å². The first-order valence-corrected chi connectivity index (χ1v) is 8.48. The molecule has 0 unspecified atom stereocenters. The van der Waals surface area contributed by atoms with Crippen molar-refractivity contribution >= 4 is 34.2 Å². The highest BCUT2D eigenvalue weighted by molar-refractivity contribution is 5.93. The van der Waals surface area contributed by atoms with Gasteiger partial charge in [0.25, 0.3) is 5.91 Å². The second-order valence-electron chi connectivity index (χ2n) is 6.09. The lowest BCUT2D eigenvalue weighted by molar-refractivity contribution is -0.192. The third kappa shape index (κ3) is 6.44. The van der Waals surface area contributed by atoms with Gasteiger partial charge in [-0.3, -0.25) is 14.9 Å². The number of alkyl halides is 3. The van der Waals surface area contributed by atoms with Gasteiger partial charge in [-0.25, -0.2) is 4.79 Å². The fraction of sp³-hybridized carbons (Fsp3) is 0.222. The maximum Gasteiger partial charge on any atom is 0.490 e. The van der Waals surface area contributed by atoms with Crippen molar-refractivity contribution in [1.29, 1.82) is 0 Å². The van der Waals surface area contributed by atoms with Crippen LogP contribution in [0, 0.1) is 0 Å². The quantitative estimate of drug-likeness (QED) is 0.423.